The number of carbonyl (C=O) groups is 1. The number of fused-ring (bicyclic) bond motifs is 1. The molecule has 1 fully saturated rings. The molecule has 0 spiro atoms. The van der Waals surface area contributed by atoms with Gasteiger partial charge in [-0.1, -0.05) is 18.2 Å². The molecule has 7 nitrogen and oxygen atoms in total. The first kappa shape index (κ1) is 15.1. The van der Waals surface area contributed by atoms with Crippen LogP contribution in [0.3, 0.4) is 0 Å². The Balaban J connectivity index is 2.08. The number of aliphatic hydroxyl groups is 4. The summed E-state index contributed by atoms with van der Waals surface area (Å²) >= 11 is 0. The van der Waals surface area contributed by atoms with Crippen molar-refractivity contribution >= 4 is 17.2 Å². The number of aliphatic hydroxyl groups excluding tert-OH is 4. The van der Waals surface area contributed by atoms with Crippen LogP contribution in [0.4, 0.5) is 0 Å². The summed E-state index contributed by atoms with van der Waals surface area (Å²) in [6, 6.07) is 7.08. The molecule has 2 heterocycles. The second kappa shape index (κ2) is 5.79. The highest BCUT2D eigenvalue weighted by Crippen LogP contribution is 2.32. The quantitative estimate of drug-likeness (QED) is 0.565. The maximum atomic E-state index is 11.2. The monoisotopic (exact) mass is 307 g/mol. The lowest BCUT2D eigenvalue weighted by Crippen LogP contribution is -2.56. The number of para-hydroxylation sites is 1. The van der Waals surface area contributed by atoms with E-state index < -0.39 is 37.3 Å². The molecule has 118 valence electrons. The number of aldehydes is 1. The van der Waals surface area contributed by atoms with Crippen LogP contribution >= 0.6 is 0 Å². The van der Waals surface area contributed by atoms with Crippen LogP contribution in [-0.4, -0.2) is 62.3 Å². The van der Waals surface area contributed by atoms with E-state index in [0.29, 0.717) is 22.8 Å². The highest BCUT2D eigenvalue weighted by Gasteiger charge is 2.44. The highest BCUT2D eigenvalue weighted by molar-refractivity contribution is 5.97. The molecule has 1 aromatic carbocycles. The Morgan fingerprint density at radius 2 is 1.86 bits per heavy atom. The molecule has 1 aliphatic rings. The van der Waals surface area contributed by atoms with Gasteiger partial charge in [0.25, 0.3) is 0 Å². The zero-order valence-electron chi connectivity index (χ0n) is 11.6. The van der Waals surface area contributed by atoms with Crippen LogP contribution in [-0.2, 0) is 4.74 Å². The van der Waals surface area contributed by atoms with Crippen molar-refractivity contribution in [1.29, 1.82) is 0 Å². The summed E-state index contributed by atoms with van der Waals surface area (Å²) in [5, 5.41) is 39.8. The van der Waals surface area contributed by atoms with E-state index in [1.165, 1.54) is 10.8 Å². The zero-order valence-corrected chi connectivity index (χ0v) is 11.6. The molecule has 0 radical (unpaired) electrons. The highest BCUT2D eigenvalue weighted by atomic mass is 16.6. The van der Waals surface area contributed by atoms with Crippen molar-refractivity contribution in [3.05, 3.63) is 36.0 Å². The fraction of sp³-hybridized carbons (Fsp3) is 0.400. The summed E-state index contributed by atoms with van der Waals surface area (Å²) in [5.74, 6) is 0. The smallest absolute Gasteiger partial charge is 0.163 e. The number of rotatable bonds is 3. The molecule has 1 aromatic heterocycles. The Morgan fingerprint density at radius 3 is 2.55 bits per heavy atom. The van der Waals surface area contributed by atoms with Crippen molar-refractivity contribution in [3.8, 4) is 0 Å². The number of ether oxygens (including phenoxy) is 1. The van der Waals surface area contributed by atoms with Gasteiger partial charge in [0, 0.05) is 17.1 Å². The van der Waals surface area contributed by atoms with Gasteiger partial charge in [-0.05, 0) is 6.07 Å². The molecule has 0 aliphatic carbocycles. The second-order valence-corrected chi connectivity index (χ2v) is 5.35. The molecule has 7 heteroatoms. The van der Waals surface area contributed by atoms with E-state index in [0.717, 1.165) is 0 Å². The van der Waals surface area contributed by atoms with Gasteiger partial charge in [-0.25, -0.2) is 0 Å². The van der Waals surface area contributed by atoms with E-state index in [1.54, 1.807) is 24.3 Å². The lowest BCUT2D eigenvalue weighted by atomic mass is 9.98. The summed E-state index contributed by atoms with van der Waals surface area (Å²) in [7, 11) is 0. The summed E-state index contributed by atoms with van der Waals surface area (Å²) in [4.78, 5) is 11.2. The first-order chi connectivity index (χ1) is 10.6. The van der Waals surface area contributed by atoms with Crippen molar-refractivity contribution in [2.75, 3.05) is 6.61 Å². The molecule has 22 heavy (non-hydrogen) atoms. The molecule has 1 aliphatic heterocycles. The third kappa shape index (κ3) is 2.23. The average molecular weight is 307 g/mol. The Morgan fingerprint density at radius 1 is 1.14 bits per heavy atom. The summed E-state index contributed by atoms with van der Waals surface area (Å²) < 4.78 is 7.05. The standard InChI is InChI=1S/C15H17NO6/c17-6-8-5-16(10-4-2-1-3-9(8)10)15-14(21)13(20)12(19)11(7-18)22-15/h1-6,11-15,18-21H,7H2/t11-,12+,13+,14-,15+/m0/s1. The predicted octanol–water partition coefficient (Wildman–Crippen LogP) is -0.574. The fourth-order valence-corrected chi connectivity index (χ4v) is 2.85. The first-order valence-electron chi connectivity index (χ1n) is 6.93. The SMILES string of the molecule is O=Cc1cn([C@@H]2O[C@@H](CO)[C@@H](O)[C@@H](O)[C@@H]2O)c2ccccc12. The van der Waals surface area contributed by atoms with Crippen LogP contribution in [0.5, 0.6) is 0 Å². The van der Waals surface area contributed by atoms with Gasteiger partial charge in [-0.3, -0.25) is 4.79 Å². The van der Waals surface area contributed by atoms with Gasteiger partial charge < -0.3 is 29.7 Å². The Bertz CT molecular complexity index is 682. The van der Waals surface area contributed by atoms with Crippen molar-refractivity contribution in [1.82, 2.24) is 4.57 Å². The number of aromatic nitrogens is 1. The fourth-order valence-electron chi connectivity index (χ4n) is 2.85. The number of hydrogen-bond acceptors (Lipinski definition) is 6. The second-order valence-electron chi connectivity index (χ2n) is 5.35. The molecule has 0 bridgehead atoms. The Hall–Kier alpha value is -1.77. The average Bonchev–Trinajstić information content (AvgIpc) is 2.92. The first-order valence-corrected chi connectivity index (χ1v) is 6.93. The van der Waals surface area contributed by atoms with E-state index in [4.69, 9.17) is 4.74 Å². The minimum atomic E-state index is -1.46. The van der Waals surface area contributed by atoms with Gasteiger partial charge in [-0.15, -0.1) is 0 Å². The van der Waals surface area contributed by atoms with Crippen molar-refractivity contribution in [3.63, 3.8) is 0 Å². The van der Waals surface area contributed by atoms with Crippen LogP contribution in [0.2, 0.25) is 0 Å². The van der Waals surface area contributed by atoms with Gasteiger partial charge >= 0.3 is 0 Å². The van der Waals surface area contributed by atoms with E-state index in [9.17, 15) is 25.2 Å². The van der Waals surface area contributed by atoms with Gasteiger partial charge in [-0.2, -0.15) is 0 Å². The molecule has 0 amide bonds. The van der Waals surface area contributed by atoms with Crippen LogP contribution in [0.1, 0.15) is 16.6 Å². The van der Waals surface area contributed by atoms with Crippen LogP contribution in [0, 0.1) is 0 Å². The molecule has 4 N–H and O–H groups in total. The molecular formula is C15H17NO6. The summed E-state index contributed by atoms with van der Waals surface area (Å²) in [6.45, 7) is -0.499. The minimum Gasteiger partial charge on any atom is -0.394 e. The van der Waals surface area contributed by atoms with Crippen LogP contribution < -0.4 is 0 Å². The van der Waals surface area contributed by atoms with Crippen LogP contribution in [0.25, 0.3) is 10.9 Å². The number of nitrogens with zero attached hydrogens (tertiary/aromatic N) is 1. The van der Waals surface area contributed by atoms with E-state index in [-0.39, 0.29) is 0 Å². The third-order valence-corrected chi connectivity index (χ3v) is 4.04. The van der Waals surface area contributed by atoms with Gasteiger partial charge in [0.15, 0.2) is 12.5 Å². The van der Waals surface area contributed by atoms with E-state index in [2.05, 4.69) is 0 Å². The lowest BCUT2D eigenvalue weighted by Gasteiger charge is -2.40. The lowest BCUT2D eigenvalue weighted by molar-refractivity contribution is -0.250. The Kier molecular flexibility index (Phi) is 3.98. The number of carbonyl (C=O) groups excluding carboxylic acids is 1. The van der Waals surface area contributed by atoms with Crippen molar-refractivity contribution in [2.45, 2.75) is 30.6 Å². The van der Waals surface area contributed by atoms with Gasteiger partial charge in [0.1, 0.15) is 24.4 Å². The molecule has 3 rings (SSSR count). The maximum Gasteiger partial charge on any atom is 0.163 e. The van der Waals surface area contributed by atoms with Gasteiger partial charge in [0.2, 0.25) is 0 Å². The van der Waals surface area contributed by atoms with Crippen LogP contribution in [0.15, 0.2) is 30.5 Å². The Labute approximate surface area is 126 Å². The molecule has 2 aromatic rings. The topological polar surface area (TPSA) is 112 Å². The molecule has 5 atom stereocenters. The van der Waals surface area contributed by atoms with Crippen molar-refractivity contribution < 1.29 is 30.0 Å². The maximum absolute atomic E-state index is 11.2. The minimum absolute atomic E-state index is 0.424. The molecule has 0 saturated carbocycles. The molecular weight excluding hydrogens is 290 g/mol. The van der Waals surface area contributed by atoms with Crippen molar-refractivity contribution in [2.24, 2.45) is 0 Å². The predicted molar refractivity (Wildman–Crippen MR) is 76.3 cm³/mol. The largest absolute Gasteiger partial charge is 0.394 e. The summed E-state index contributed by atoms with van der Waals surface area (Å²) in [6.07, 6.45) is -4.07. The number of hydrogen-bond donors (Lipinski definition) is 4. The summed E-state index contributed by atoms with van der Waals surface area (Å²) in [5.41, 5.74) is 1.07. The van der Waals surface area contributed by atoms with E-state index in [1.807, 2.05) is 0 Å². The number of benzene rings is 1. The van der Waals surface area contributed by atoms with Gasteiger partial charge in [0.05, 0.1) is 12.1 Å². The normalized spacial score (nSPS) is 32.3. The molecule has 1 saturated heterocycles. The molecule has 0 unspecified atom stereocenters. The third-order valence-electron chi connectivity index (χ3n) is 4.04. The van der Waals surface area contributed by atoms with E-state index >= 15 is 0 Å². The zero-order chi connectivity index (χ0) is 15.9.